The Kier molecular flexibility index (Phi) is 6.00. The monoisotopic (exact) mass is 402 g/mol. The van der Waals surface area contributed by atoms with E-state index >= 15 is 0 Å². The van der Waals surface area contributed by atoms with Crippen molar-refractivity contribution in [2.75, 3.05) is 18.1 Å². The zero-order valence-corrected chi connectivity index (χ0v) is 18.1. The number of nitrogens with zero attached hydrogens (tertiary/aromatic N) is 4. The standard InChI is InChI=1S/C25H30N4O/c1-19(2)14-15-27-17-28(22-12-8-5-9-13-22)25-26-20(3)23(24(30)29(25)18-27)16-21-10-6-4-7-11-21/h4-13,19H,14-18H2,1-3H3. The molecule has 156 valence electrons. The van der Waals surface area contributed by atoms with Crippen LogP contribution in [0.3, 0.4) is 0 Å². The van der Waals surface area contributed by atoms with E-state index in [1.807, 2.05) is 47.9 Å². The van der Waals surface area contributed by atoms with E-state index in [-0.39, 0.29) is 5.56 Å². The lowest BCUT2D eigenvalue weighted by Crippen LogP contribution is -2.48. The zero-order valence-electron chi connectivity index (χ0n) is 18.1. The summed E-state index contributed by atoms with van der Waals surface area (Å²) in [5.74, 6) is 1.36. The van der Waals surface area contributed by atoms with Crippen molar-refractivity contribution < 1.29 is 0 Å². The van der Waals surface area contributed by atoms with E-state index < -0.39 is 0 Å². The number of hydrogen-bond donors (Lipinski definition) is 0. The van der Waals surface area contributed by atoms with E-state index in [0.717, 1.165) is 48.1 Å². The summed E-state index contributed by atoms with van der Waals surface area (Å²) >= 11 is 0. The van der Waals surface area contributed by atoms with Crippen LogP contribution in [-0.2, 0) is 13.1 Å². The maximum absolute atomic E-state index is 13.6. The molecule has 2 aromatic carbocycles. The minimum Gasteiger partial charge on any atom is -0.298 e. The summed E-state index contributed by atoms with van der Waals surface area (Å²) in [4.78, 5) is 23.0. The van der Waals surface area contributed by atoms with Crippen LogP contribution in [0.25, 0.3) is 0 Å². The fraction of sp³-hybridized carbons (Fsp3) is 0.360. The summed E-state index contributed by atoms with van der Waals surface area (Å²) in [6.45, 7) is 8.70. The highest BCUT2D eigenvalue weighted by Gasteiger charge is 2.27. The number of hydrogen-bond acceptors (Lipinski definition) is 4. The molecule has 0 saturated carbocycles. The number of benzene rings is 2. The quantitative estimate of drug-likeness (QED) is 0.606. The van der Waals surface area contributed by atoms with E-state index in [0.29, 0.717) is 19.0 Å². The molecule has 0 atom stereocenters. The molecule has 0 spiro atoms. The lowest BCUT2D eigenvalue weighted by atomic mass is 10.1. The van der Waals surface area contributed by atoms with Gasteiger partial charge in [0.1, 0.15) is 0 Å². The predicted octanol–water partition coefficient (Wildman–Crippen LogP) is 4.56. The van der Waals surface area contributed by atoms with Gasteiger partial charge < -0.3 is 0 Å². The Bertz CT molecular complexity index is 1040. The number of aromatic nitrogens is 2. The molecule has 5 heteroatoms. The first-order valence-corrected chi connectivity index (χ1v) is 10.7. The Morgan fingerprint density at radius 1 is 0.967 bits per heavy atom. The lowest BCUT2D eigenvalue weighted by Gasteiger charge is -2.38. The third-order valence-electron chi connectivity index (χ3n) is 5.69. The van der Waals surface area contributed by atoms with Gasteiger partial charge in [-0.25, -0.2) is 4.98 Å². The van der Waals surface area contributed by atoms with Crippen molar-refractivity contribution in [3.05, 3.63) is 87.8 Å². The van der Waals surface area contributed by atoms with Crippen LogP contribution in [0.5, 0.6) is 0 Å². The highest BCUT2D eigenvalue weighted by atomic mass is 16.1. The van der Waals surface area contributed by atoms with Gasteiger partial charge in [-0.15, -0.1) is 0 Å². The molecular formula is C25H30N4O. The van der Waals surface area contributed by atoms with Crippen LogP contribution in [0.2, 0.25) is 0 Å². The molecule has 3 aromatic rings. The second kappa shape index (κ2) is 8.84. The first kappa shape index (κ1) is 20.4. The summed E-state index contributed by atoms with van der Waals surface area (Å²) in [5, 5.41) is 0. The molecule has 0 N–H and O–H groups in total. The normalized spacial score (nSPS) is 14.2. The summed E-state index contributed by atoms with van der Waals surface area (Å²) in [5.41, 5.74) is 3.85. The highest BCUT2D eigenvalue weighted by molar-refractivity contribution is 5.58. The zero-order chi connectivity index (χ0) is 21.1. The maximum atomic E-state index is 13.6. The van der Waals surface area contributed by atoms with E-state index in [4.69, 9.17) is 4.98 Å². The van der Waals surface area contributed by atoms with Crippen LogP contribution in [0.4, 0.5) is 11.6 Å². The van der Waals surface area contributed by atoms with Crippen molar-refractivity contribution >= 4 is 11.6 Å². The minimum atomic E-state index is 0.0662. The molecule has 5 nitrogen and oxygen atoms in total. The first-order valence-electron chi connectivity index (χ1n) is 10.7. The molecule has 4 rings (SSSR count). The first-order chi connectivity index (χ1) is 14.5. The van der Waals surface area contributed by atoms with Gasteiger partial charge in [0.05, 0.1) is 19.0 Å². The van der Waals surface area contributed by atoms with E-state index in [1.165, 1.54) is 0 Å². The van der Waals surface area contributed by atoms with Gasteiger partial charge in [-0.3, -0.25) is 19.2 Å². The maximum Gasteiger partial charge on any atom is 0.259 e. The lowest BCUT2D eigenvalue weighted by molar-refractivity contribution is 0.188. The van der Waals surface area contributed by atoms with Crippen LogP contribution < -0.4 is 10.5 Å². The molecule has 1 aromatic heterocycles. The summed E-state index contributed by atoms with van der Waals surface area (Å²) in [6.07, 6.45) is 1.71. The predicted molar refractivity (Wildman–Crippen MR) is 122 cm³/mol. The molecule has 1 aliphatic heterocycles. The smallest absolute Gasteiger partial charge is 0.259 e. The molecule has 0 aliphatic carbocycles. The third-order valence-corrected chi connectivity index (χ3v) is 5.69. The summed E-state index contributed by atoms with van der Waals surface area (Å²) in [6, 6.07) is 20.4. The van der Waals surface area contributed by atoms with Crippen molar-refractivity contribution in [2.24, 2.45) is 5.92 Å². The third kappa shape index (κ3) is 4.31. The Morgan fingerprint density at radius 3 is 2.30 bits per heavy atom. The molecule has 0 fully saturated rings. The summed E-state index contributed by atoms with van der Waals surface area (Å²) < 4.78 is 1.85. The molecule has 30 heavy (non-hydrogen) atoms. The Hall–Kier alpha value is -2.92. The van der Waals surface area contributed by atoms with Crippen LogP contribution in [-0.4, -0.2) is 27.7 Å². The Balaban J connectivity index is 1.76. The Morgan fingerprint density at radius 2 is 1.63 bits per heavy atom. The van der Waals surface area contributed by atoms with Crippen molar-refractivity contribution in [1.82, 2.24) is 14.5 Å². The fourth-order valence-corrected chi connectivity index (χ4v) is 3.92. The van der Waals surface area contributed by atoms with E-state index in [1.54, 1.807) is 0 Å². The van der Waals surface area contributed by atoms with Crippen molar-refractivity contribution in [3.8, 4) is 0 Å². The molecule has 2 heterocycles. The van der Waals surface area contributed by atoms with Gasteiger partial charge in [0.25, 0.3) is 5.56 Å². The van der Waals surface area contributed by atoms with Gasteiger partial charge in [-0.1, -0.05) is 62.4 Å². The van der Waals surface area contributed by atoms with Crippen LogP contribution in [0.1, 0.15) is 37.1 Å². The summed E-state index contributed by atoms with van der Waals surface area (Å²) in [7, 11) is 0. The van der Waals surface area contributed by atoms with Gasteiger partial charge >= 0.3 is 0 Å². The van der Waals surface area contributed by atoms with Crippen LogP contribution in [0.15, 0.2) is 65.5 Å². The molecule has 0 saturated heterocycles. The second-order valence-electron chi connectivity index (χ2n) is 8.49. The number of aryl methyl sites for hydroxylation is 1. The fourth-order valence-electron chi connectivity index (χ4n) is 3.92. The number of para-hydroxylation sites is 1. The van der Waals surface area contributed by atoms with Crippen molar-refractivity contribution in [3.63, 3.8) is 0 Å². The Labute approximate surface area is 178 Å². The molecule has 0 bridgehead atoms. The van der Waals surface area contributed by atoms with Crippen molar-refractivity contribution in [2.45, 2.75) is 40.3 Å². The molecule has 0 radical (unpaired) electrons. The largest absolute Gasteiger partial charge is 0.298 e. The van der Waals surface area contributed by atoms with Gasteiger partial charge in [-0.2, -0.15) is 0 Å². The van der Waals surface area contributed by atoms with Crippen LogP contribution >= 0.6 is 0 Å². The minimum absolute atomic E-state index is 0.0662. The van der Waals surface area contributed by atoms with Crippen molar-refractivity contribution in [1.29, 1.82) is 0 Å². The second-order valence-corrected chi connectivity index (χ2v) is 8.49. The van der Waals surface area contributed by atoms with Crippen LogP contribution in [0, 0.1) is 12.8 Å². The number of anilines is 2. The topological polar surface area (TPSA) is 41.4 Å². The SMILES string of the molecule is Cc1nc2n(c(=O)c1Cc1ccccc1)CN(CCC(C)C)CN2c1ccccc1. The van der Waals surface area contributed by atoms with Gasteiger partial charge in [0.2, 0.25) is 5.95 Å². The highest BCUT2D eigenvalue weighted by Crippen LogP contribution is 2.28. The number of rotatable bonds is 6. The number of fused-ring (bicyclic) bond motifs is 1. The van der Waals surface area contributed by atoms with Gasteiger partial charge in [-0.05, 0) is 37.0 Å². The van der Waals surface area contributed by atoms with E-state index in [2.05, 4.69) is 47.9 Å². The molecule has 0 amide bonds. The average Bonchev–Trinajstić information content (AvgIpc) is 2.76. The average molecular weight is 403 g/mol. The van der Waals surface area contributed by atoms with E-state index in [9.17, 15) is 4.79 Å². The molecule has 0 unspecified atom stereocenters. The molecule has 1 aliphatic rings. The van der Waals surface area contributed by atoms with Gasteiger partial charge in [0.15, 0.2) is 0 Å². The molecular weight excluding hydrogens is 372 g/mol. The van der Waals surface area contributed by atoms with Gasteiger partial charge in [0, 0.05) is 24.2 Å².